The van der Waals surface area contributed by atoms with E-state index in [4.69, 9.17) is 13.7 Å². The standard InChI is InChI=1S/C26H23NO6S/c1-17-24(25(28)31-15-18-9-3-2-4-10-18)27(34(30)33-17)26(29)32-16-23-21-13-7-5-11-19(21)20-12-6-8-14-22(20)23/h2-14,17,23-24H,15-16H2,1H3/t17-,24+,34?/m1/s1. The van der Waals surface area contributed by atoms with E-state index in [9.17, 15) is 13.8 Å². The summed E-state index contributed by atoms with van der Waals surface area (Å²) in [6, 6.07) is 24.0. The average Bonchev–Trinajstić information content (AvgIpc) is 3.35. The van der Waals surface area contributed by atoms with Gasteiger partial charge in [0.05, 0.1) is 0 Å². The van der Waals surface area contributed by atoms with E-state index in [1.807, 2.05) is 78.9 Å². The lowest BCUT2D eigenvalue weighted by Gasteiger charge is -2.22. The van der Waals surface area contributed by atoms with E-state index < -0.39 is 35.5 Å². The molecular weight excluding hydrogens is 454 g/mol. The van der Waals surface area contributed by atoms with E-state index in [-0.39, 0.29) is 19.1 Å². The Morgan fingerprint density at radius 2 is 1.47 bits per heavy atom. The second-order valence-corrected chi connectivity index (χ2v) is 9.21. The van der Waals surface area contributed by atoms with Gasteiger partial charge in [-0.25, -0.2) is 13.8 Å². The minimum atomic E-state index is -2.15. The molecule has 3 aromatic rings. The van der Waals surface area contributed by atoms with Crippen molar-refractivity contribution in [1.82, 2.24) is 4.31 Å². The normalized spacial score (nSPS) is 21.1. The first-order chi connectivity index (χ1) is 16.5. The minimum absolute atomic E-state index is 0.0358. The number of rotatable bonds is 5. The molecule has 1 heterocycles. The predicted molar refractivity (Wildman–Crippen MR) is 126 cm³/mol. The number of ether oxygens (including phenoxy) is 2. The number of carbonyl (C=O) groups is 2. The molecule has 1 unspecified atom stereocenters. The number of benzene rings is 3. The highest BCUT2D eigenvalue weighted by molar-refractivity contribution is 7.78. The molecule has 0 spiro atoms. The lowest BCUT2D eigenvalue weighted by molar-refractivity contribution is -0.150. The smallest absolute Gasteiger partial charge is 0.424 e. The molecule has 8 heteroatoms. The van der Waals surface area contributed by atoms with Gasteiger partial charge in [-0.2, -0.15) is 4.31 Å². The number of esters is 1. The van der Waals surface area contributed by atoms with Crippen molar-refractivity contribution in [3.05, 3.63) is 95.6 Å². The lowest BCUT2D eigenvalue weighted by Crippen LogP contribution is -2.45. The molecule has 0 N–H and O–H groups in total. The molecule has 174 valence electrons. The topological polar surface area (TPSA) is 82.1 Å². The van der Waals surface area contributed by atoms with Crippen LogP contribution in [0.4, 0.5) is 4.79 Å². The summed E-state index contributed by atoms with van der Waals surface area (Å²) in [7, 11) is 0. The van der Waals surface area contributed by atoms with Gasteiger partial charge in [0.1, 0.15) is 19.3 Å². The van der Waals surface area contributed by atoms with E-state index in [0.29, 0.717) is 0 Å². The van der Waals surface area contributed by atoms with Gasteiger partial charge in [-0.05, 0) is 34.7 Å². The Balaban J connectivity index is 1.30. The van der Waals surface area contributed by atoms with Crippen LogP contribution >= 0.6 is 0 Å². The zero-order chi connectivity index (χ0) is 23.7. The molecule has 0 bridgehead atoms. The quantitative estimate of drug-likeness (QED) is 0.509. The Hall–Kier alpha value is -3.49. The van der Waals surface area contributed by atoms with Crippen LogP contribution in [-0.2, 0) is 36.3 Å². The summed E-state index contributed by atoms with van der Waals surface area (Å²) >= 11 is -2.15. The van der Waals surface area contributed by atoms with Crippen molar-refractivity contribution in [2.45, 2.75) is 31.6 Å². The third-order valence-electron chi connectivity index (χ3n) is 6.07. The van der Waals surface area contributed by atoms with Crippen LogP contribution in [0.15, 0.2) is 78.9 Å². The summed E-state index contributed by atoms with van der Waals surface area (Å²) in [6.45, 7) is 1.65. The zero-order valence-corrected chi connectivity index (χ0v) is 19.3. The van der Waals surface area contributed by atoms with Crippen molar-refractivity contribution in [3.63, 3.8) is 0 Å². The van der Waals surface area contributed by atoms with E-state index in [1.54, 1.807) is 6.92 Å². The number of hydrogen-bond donors (Lipinski definition) is 0. The molecule has 34 heavy (non-hydrogen) atoms. The molecule has 1 aliphatic carbocycles. The number of fused-ring (bicyclic) bond motifs is 3. The molecular formula is C26H23NO6S. The van der Waals surface area contributed by atoms with Gasteiger partial charge in [0.25, 0.3) is 11.3 Å². The highest BCUT2D eigenvalue weighted by atomic mass is 32.2. The Morgan fingerprint density at radius 1 is 0.882 bits per heavy atom. The van der Waals surface area contributed by atoms with E-state index in [1.165, 1.54) is 0 Å². The largest absolute Gasteiger partial charge is 0.459 e. The van der Waals surface area contributed by atoms with Crippen LogP contribution < -0.4 is 0 Å². The van der Waals surface area contributed by atoms with Crippen LogP contribution in [-0.4, -0.2) is 39.3 Å². The van der Waals surface area contributed by atoms with Crippen molar-refractivity contribution >= 4 is 23.3 Å². The Morgan fingerprint density at radius 3 is 2.12 bits per heavy atom. The number of nitrogens with zero attached hydrogens (tertiary/aromatic N) is 1. The van der Waals surface area contributed by atoms with Gasteiger partial charge >= 0.3 is 12.1 Å². The molecule has 2 aliphatic rings. The fourth-order valence-electron chi connectivity index (χ4n) is 4.45. The van der Waals surface area contributed by atoms with Crippen LogP contribution in [0.3, 0.4) is 0 Å². The molecule has 5 rings (SSSR count). The Labute approximate surface area is 200 Å². The van der Waals surface area contributed by atoms with Gasteiger partial charge in [0, 0.05) is 5.92 Å². The maximum absolute atomic E-state index is 13.0. The lowest BCUT2D eigenvalue weighted by atomic mass is 9.98. The van der Waals surface area contributed by atoms with Crippen LogP contribution in [0.1, 0.15) is 29.5 Å². The summed E-state index contributed by atoms with van der Waals surface area (Å²) in [4.78, 5) is 25.8. The van der Waals surface area contributed by atoms with E-state index in [0.717, 1.165) is 32.1 Å². The zero-order valence-electron chi connectivity index (χ0n) is 18.5. The van der Waals surface area contributed by atoms with Gasteiger partial charge in [0.15, 0.2) is 6.04 Å². The molecule has 3 atom stereocenters. The summed E-state index contributed by atoms with van der Waals surface area (Å²) in [6.07, 6.45) is -1.68. The molecule has 1 aliphatic heterocycles. The molecule has 0 saturated carbocycles. The summed E-state index contributed by atoms with van der Waals surface area (Å²) < 4.78 is 29.6. The minimum Gasteiger partial charge on any atom is -0.459 e. The first-order valence-corrected chi connectivity index (χ1v) is 12.0. The molecule has 3 aromatic carbocycles. The first kappa shape index (κ1) is 22.3. The second kappa shape index (κ2) is 9.40. The van der Waals surface area contributed by atoms with Gasteiger partial charge in [-0.15, -0.1) is 0 Å². The van der Waals surface area contributed by atoms with Gasteiger partial charge in [-0.1, -0.05) is 78.9 Å². The Kier molecular flexibility index (Phi) is 6.17. The number of hydrogen-bond acceptors (Lipinski definition) is 6. The van der Waals surface area contributed by atoms with Crippen molar-refractivity contribution < 1.29 is 27.5 Å². The SMILES string of the molecule is C[C@H]1OS(=O)N(C(=O)OCC2c3ccccc3-c3ccccc32)[C@@H]1C(=O)OCc1ccccc1. The summed E-state index contributed by atoms with van der Waals surface area (Å²) in [5.74, 6) is -0.857. The molecule has 1 amide bonds. The number of amides is 1. The molecule has 7 nitrogen and oxygen atoms in total. The van der Waals surface area contributed by atoms with Gasteiger partial charge < -0.3 is 9.47 Å². The fourth-order valence-corrected chi connectivity index (χ4v) is 5.52. The van der Waals surface area contributed by atoms with E-state index in [2.05, 4.69) is 0 Å². The maximum atomic E-state index is 13.0. The highest BCUT2D eigenvalue weighted by Gasteiger charge is 2.48. The highest BCUT2D eigenvalue weighted by Crippen LogP contribution is 2.44. The van der Waals surface area contributed by atoms with Crippen molar-refractivity contribution in [3.8, 4) is 11.1 Å². The molecule has 0 radical (unpaired) electrons. The molecule has 1 fully saturated rings. The van der Waals surface area contributed by atoms with Crippen molar-refractivity contribution in [2.24, 2.45) is 0 Å². The first-order valence-electron chi connectivity index (χ1n) is 11.0. The Bertz CT molecular complexity index is 1200. The maximum Gasteiger partial charge on any atom is 0.424 e. The second-order valence-electron chi connectivity index (χ2n) is 8.19. The molecule has 1 saturated heterocycles. The van der Waals surface area contributed by atoms with E-state index >= 15 is 0 Å². The summed E-state index contributed by atoms with van der Waals surface area (Å²) in [5, 5.41) is 0. The third kappa shape index (κ3) is 4.10. The van der Waals surface area contributed by atoms with Crippen LogP contribution in [0.25, 0.3) is 11.1 Å². The average molecular weight is 478 g/mol. The van der Waals surface area contributed by atoms with Crippen molar-refractivity contribution in [1.29, 1.82) is 0 Å². The van der Waals surface area contributed by atoms with Crippen molar-refractivity contribution in [2.75, 3.05) is 6.61 Å². The monoisotopic (exact) mass is 477 g/mol. The summed E-state index contributed by atoms with van der Waals surface area (Å²) in [5.41, 5.74) is 5.12. The fraction of sp³-hybridized carbons (Fsp3) is 0.231. The van der Waals surface area contributed by atoms with Crippen LogP contribution in [0.2, 0.25) is 0 Å². The third-order valence-corrected chi connectivity index (χ3v) is 7.24. The van der Waals surface area contributed by atoms with Gasteiger partial charge in [-0.3, -0.25) is 4.18 Å². The predicted octanol–water partition coefficient (Wildman–Crippen LogP) is 4.35. The van der Waals surface area contributed by atoms with Crippen LogP contribution in [0.5, 0.6) is 0 Å². The number of carbonyl (C=O) groups excluding carboxylic acids is 2. The molecule has 0 aromatic heterocycles. The van der Waals surface area contributed by atoms with Crippen LogP contribution in [0, 0.1) is 0 Å². The van der Waals surface area contributed by atoms with Gasteiger partial charge in [0.2, 0.25) is 0 Å².